The molecule has 0 saturated heterocycles. The molecule has 0 radical (unpaired) electrons. The normalized spacial score (nSPS) is 12.3. The van der Waals surface area contributed by atoms with E-state index in [2.05, 4.69) is 110 Å². The lowest BCUT2D eigenvalue weighted by atomic mass is 9.67. The van der Waals surface area contributed by atoms with Gasteiger partial charge in [-0.15, -0.1) is 11.3 Å². The van der Waals surface area contributed by atoms with Gasteiger partial charge in [-0.05, 0) is 125 Å². The molecule has 1 heterocycles. The first kappa shape index (κ1) is 41.0. The molecule has 7 aromatic rings. The van der Waals surface area contributed by atoms with Crippen LogP contribution in [0.25, 0.3) is 31.9 Å². The van der Waals surface area contributed by atoms with E-state index < -0.39 is 5.41 Å². The Morgan fingerprint density at radius 2 is 1.28 bits per heavy atom. The molecule has 0 aliphatic heterocycles. The molecule has 0 unspecified atom stereocenters. The van der Waals surface area contributed by atoms with Crippen LogP contribution in [0.3, 0.4) is 0 Å². The molecule has 0 spiro atoms. The van der Waals surface area contributed by atoms with Crippen molar-refractivity contribution in [2.75, 3.05) is 30.0 Å². The number of thioether (sulfide) groups is 2. The zero-order valence-electron chi connectivity index (χ0n) is 32.8. The summed E-state index contributed by atoms with van der Waals surface area (Å²) in [6.07, 6.45) is 2.63. The van der Waals surface area contributed by atoms with Gasteiger partial charge in [0.2, 0.25) is 10.2 Å². The van der Waals surface area contributed by atoms with Gasteiger partial charge in [0.1, 0.15) is 21.5 Å². The molecule has 6 aromatic carbocycles. The Hall–Kier alpha value is -5.78. The minimum atomic E-state index is -0.587. The van der Waals surface area contributed by atoms with Crippen molar-refractivity contribution in [2.24, 2.45) is 0 Å². The molecule has 10 heteroatoms. The number of thiazole rings is 1. The standard InChI is InChI=1S/C50H40N2O4S4/c1-4-46(53)58-28-26-55-37-20-14-33(15-21-37)48(57)51-43-24-18-35(30-32(43)3)50(41-12-8-6-10-39(41)40-11-7-9-13-42(40)50)36-19-25-44-45(31-36)60-49(52-44)34-16-22-38(23-17-34)56-27-29-59-47(54)5-2/h4-25,30-31H,1-2,26-29H2,3H3,(H,51,57). The van der Waals surface area contributed by atoms with Crippen LogP contribution in [0.1, 0.15) is 33.4 Å². The molecule has 298 valence electrons. The Labute approximate surface area is 367 Å². The summed E-state index contributed by atoms with van der Waals surface area (Å²) >= 11 is 9.95. The third-order valence-corrected chi connectivity index (χ3v) is 13.5. The molecule has 1 N–H and O–H groups in total. The number of hydrogen-bond acceptors (Lipinski definition) is 9. The van der Waals surface area contributed by atoms with Gasteiger partial charge in [0.25, 0.3) is 0 Å². The number of benzene rings is 6. The lowest BCUT2D eigenvalue weighted by Crippen LogP contribution is -2.28. The topological polar surface area (TPSA) is 77.5 Å². The second-order valence-electron chi connectivity index (χ2n) is 14.0. The maximum Gasteiger partial charge on any atom is 0.211 e. The predicted octanol–water partition coefficient (Wildman–Crippen LogP) is 12.1. The van der Waals surface area contributed by atoms with Crippen LogP contribution in [-0.2, 0) is 15.0 Å². The number of rotatable bonds is 15. The summed E-state index contributed by atoms with van der Waals surface area (Å²) in [4.78, 5) is 28.7. The number of nitrogens with one attached hydrogen (secondary N) is 1. The van der Waals surface area contributed by atoms with Crippen LogP contribution < -0.4 is 14.8 Å². The maximum atomic E-state index is 11.5. The van der Waals surface area contributed by atoms with Gasteiger partial charge in [-0.2, -0.15) is 0 Å². The minimum Gasteiger partial charge on any atom is -0.493 e. The molecule has 1 aliphatic rings. The number of aryl methyl sites for hydroxylation is 1. The van der Waals surface area contributed by atoms with E-state index in [4.69, 9.17) is 26.7 Å². The van der Waals surface area contributed by atoms with Crippen molar-refractivity contribution in [3.63, 3.8) is 0 Å². The fourth-order valence-electron chi connectivity index (χ4n) is 7.65. The fourth-order valence-corrected chi connectivity index (χ4v) is 9.88. The van der Waals surface area contributed by atoms with Crippen molar-refractivity contribution < 1.29 is 19.1 Å². The predicted molar refractivity (Wildman–Crippen MR) is 255 cm³/mol. The van der Waals surface area contributed by atoms with Crippen molar-refractivity contribution in [3.05, 3.63) is 192 Å². The van der Waals surface area contributed by atoms with E-state index in [9.17, 15) is 9.59 Å². The largest absolute Gasteiger partial charge is 0.493 e. The molecule has 0 atom stereocenters. The van der Waals surface area contributed by atoms with Gasteiger partial charge in [0.15, 0.2) is 0 Å². The van der Waals surface area contributed by atoms with Gasteiger partial charge >= 0.3 is 0 Å². The molecule has 0 amide bonds. The van der Waals surface area contributed by atoms with Crippen LogP contribution in [0, 0.1) is 6.92 Å². The number of ether oxygens (including phenoxy) is 2. The zero-order chi connectivity index (χ0) is 41.6. The van der Waals surface area contributed by atoms with Gasteiger partial charge in [0, 0.05) is 28.3 Å². The first-order valence-electron chi connectivity index (χ1n) is 19.4. The highest BCUT2D eigenvalue weighted by Gasteiger charge is 2.46. The number of nitrogens with zero attached hydrogens (tertiary/aromatic N) is 1. The maximum absolute atomic E-state index is 11.5. The molecule has 0 fully saturated rings. The number of thiocarbonyl (C=S) groups is 1. The van der Waals surface area contributed by atoms with Crippen LogP contribution in [0.4, 0.5) is 5.69 Å². The Morgan fingerprint density at radius 1 is 0.733 bits per heavy atom. The van der Waals surface area contributed by atoms with E-state index in [-0.39, 0.29) is 10.2 Å². The summed E-state index contributed by atoms with van der Waals surface area (Å²) in [5, 5.41) is 4.31. The highest BCUT2D eigenvalue weighted by Crippen LogP contribution is 2.56. The number of hydrogen-bond donors (Lipinski definition) is 1. The van der Waals surface area contributed by atoms with E-state index in [0.29, 0.717) is 29.7 Å². The van der Waals surface area contributed by atoms with Crippen molar-refractivity contribution in [2.45, 2.75) is 12.3 Å². The number of anilines is 1. The fraction of sp³-hybridized carbons (Fsp3) is 0.120. The number of aromatic nitrogens is 1. The summed E-state index contributed by atoms with van der Waals surface area (Å²) < 4.78 is 12.8. The van der Waals surface area contributed by atoms with E-state index >= 15 is 0 Å². The van der Waals surface area contributed by atoms with Gasteiger partial charge in [-0.1, -0.05) is 116 Å². The van der Waals surface area contributed by atoms with E-state index in [0.717, 1.165) is 54.7 Å². The van der Waals surface area contributed by atoms with Crippen LogP contribution in [-0.4, -0.2) is 44.9 Å². The van der Waals surface area contributed by atoms with Crippen LogP contribution in [0.5, 0.6) is 11.5 Å². The summed E-state index contributed by atoms with van der Waals surface area (Å²) in [5.41, 5.74) is 11.5. The first-order valence-corrected chi connectivity index (χ1v) is 22.6. The van der Waals surface area contributed by atoms with E-state index in [1.54, 1.807) is 11.3 Å². The third kappa shape index (κ3) is 8.33. The lowest BCUT2D eigenvalue weighted by Gasteiger charge is -2.34. The van der Waals surface area contributed by atoms with Crippen molar-refractivity contribution >= 4 is 78.2 Å². The average Bonchev–Trinajstić information content (AvgIpc) is 3.85. The summed E-state index contributed by atoms with van der Waals surface area (Å²) in [5.74, 6) is 2.58. The highest BCUT2D eigenvalue weighted by molar-refractivity contribution is 8.14. The SMILES string of the molecule is C=CC(=O)SCCOc1ccc(C(=S)Nc2ccc(C3(c4ccc5nc(-c6ccc(OCCSC(=O)C=C)cc6)sc5c4)c4ccccc4-c4ccccc43)cc2C)cc1. The highest BCUT2D eigenvalue weighted by atomic mass is 32.2. The summed E-state index contributed by atoms with van der Waals surface area (Å²) in [6.45, 7) is 9.99. The van der Waals surface area contributed by atoms with E-state index in [1.807, 2.05) is 48.5 Å². The first-order chi connectivity index (χ1) is 29.3. The van der Waals surface area contributed by atoms with Gasteiger partial charge < -0.3 is 14.8 Å². The van der Waals surface area contributed by atoms with E-state index in [1.165, 1.54) is 63.5 Å². The van der Waals surface area contributed by atoms with Crippen LogP contribution in [0.2, 0.25) is 0 Å². The van der Waals surface area contributed by atoms with Crippen molar-refractivity contribution in [1.82, 2.24) is 4.98 Å². The molecule has 1 aromatic heterocycles. The molecular weight excluding hydrogens is 821 g/mol. The minimum absolute atomic E-state index is 0.0553. The molecule has 1 aliphatic carbocycles. The second kappa shape index (κ2) is 18.2. The Bertz CT molecular complexity index is 2710. The Morgan fingerprint density at radius 3 is 1.87 bits per heavy atom. The second-order valence-corrected chi connectivity index (χ2v) is 17.7. The van der Waals surface area contributed by atoms with Crippen molar-refractivity contribution in [1.29, 1.82) is 0 Å². The van der Waals surface area contributed by atoms with Gasteiger partial charge in [-0.25, -0.2) is 4.98 Å². The van der Waals surface area contributed by atoms with Gasteiger partial charge in [-0.3, -0.25) is 9.59 Å². The zero-order valence-corrected chi connectivity index (χ0v) is 36.1. The monoisotopic (exact) mass is 860 g/mol. The Kier molecular flexibility index (Phi) is 12.5. The molecular formula is C50H40N2O4S4. The molecule has 0 bridgehead atoms. The van der Waals surface area contributed by atoms with Crippen LogP contribution in [0.15, 0.2) is 159 Å². The lowest BCUT2D eigenvalue weighted by molar-refractivity contribution is -0.107. The van der Waals surface area contributed by atoms with Crippen molar-refractivity contribution in [3.8, 4) is 33.2 Å². The van der Waals surface area contributed by atoms with Crippen LogP contribution >= 0.6 is 47.1 Å². The molecule has 8 rings (SSSR count). The Balaban J connectivity index is 1.08. The third-order valence-electron chi connectivity index (χ3n) is 10.4. The number of fused-ring (bicyclic) bond motifs is 4. The summed E-state index contributed by atoms with van der Waals surface area (Å²) in [7, 11) is 0. The molecule has 6 nitrogen and oxygen atoms in total. The number of carbonyl (C=O) groups excluding carboxylic acids is 2. The molecule has 0 saturated carbocycles. The summed E-state index contributed by atoms with van der Waals surface area (Å²) in [6, 6.07) is 46.5. The van der Waals surface area contributed by atoms with Gasteiger partial charge in [0.05, 0.1) is 28.8 Å². The average molecular weight is 861 g/mol. The quantitative estimate of drug-likeness (QED) is 0.0616. The smallest absolute Gasteiger partial charge is 0.211 e. The molecule has 60 heavy (non-hydrogen) atoms. The number of carbonyl (C=O) groups is 2.